The summed E-state index contributed by atoms with van der Waals surface area (Å²) >= 11 is 1.84. The fraction of sp³-hybridized carbons (Fsp3) is 0. The van der Waals surface area contributed by atoms with Gasteiger partial charge in [0.15, 0.2) is 5.82 Å². The number of nitrogens with zero attached hydrogens (tertiary/aromatic N) is 3. The smallest absolute Gasteiger partial charge is 0.160 e. The maximum absolute atomic E-state index is 5.26. The maximum atomic E-state index is 5.26. The van der Waals surface area contributed by atoms with Gasteiger partial charge in [-0.25, -0.2) is 9.97 Å². The normalized spacial score (nSPS) is 11.3. The summed E-state index contributed by atoms with van der Waals surface area (Å²) in [7, 11) is 0. The molecule has 0 saturated heterocycles. The molecule has 0 aliphatic heterocycles. The molecule has 0 aliphatic rings. The number of pyridine rings is 1. The first kappa shape index (κ1) is 32.6. The van der Waals surface area contributed by atoms with Crippen LogP contribution in [0.15, 0.2) is 200 Å². The molecule has 10 rings (SSSR count). The zero-order chi connectivity index (χ0) is 36.6. The van der Waals surface area contributed by atoms with E-state index in [-0.39, 0.29) is 0 Å². The van der Waals surface area contributed by atoms with Crippen molar-refractivity contribution in [2.45, 2.75) is 0 Å². The van der Waals surface area contributed by atoms with Crippen LogP contribution in [-0.4, -0.2) is 15.0 Å². The van der Waals surface area contributed by atoms with Crippen LogP contribution in [0.1, 0.15) is 0 Å². The Morgan fingerprint density at radius 3 is 1.56 bits per heavy atom. The van der Waals surface area contributed by atoms with Crippen molar-refractivity contribution in [3.63, 3.8) is 0 Å². The van der Waals surface area contributed by atoms with Gasteiger partial charge in [-0.2, -0.15) is 0 Å². The molecule has 0 aliphatic carbocycles. The van der Waals surface area contributed by atoms with Gasteiger partial charge < -0.3 is 0 Å². The first-order chi connectivity index (χ1) is 27.2. The Kier molecular flexibility index (Phi) is 8.36. The quantitative estimate of drug-likeness (QED) is 0.165. The third-order valence-corrected chi connectivity index (χ3v) is 11.3. The van der Waals surface area contributed by atoms with Crippen LogP contribution in [0.3, 0.4) is 0 Å². The number of fused-ring (bicyclic) bond motifs is 3. The van der Waals surface area contributed by atoms with E-state index >= 15 is 0 Å². The van der Waals surface area contributed by atoms with Crippen molar-refractivity contribution >= 4 is 31.5 Å². The lowest BCUT2D eigenvalue weighted by Crippen LogP contribution is -1.97. The molecule has 0 saturated carbocycles. The largest absolute Gasteiger partial charge is 0.256 e. The van der Waals surface area contributed by atoms with Gasteiger partial charge >= 0.3 is 0 Å². The van der Waals surface area contributed by atoms with Crippen molar-refractivity contribution in [1.82, 2.24) is 15.0 Å². The molecule has 0 radical (unpaired) electrons. The topological polar surface area (TPSA) is 38.7 Å². The van der Waals surface area contributed by atoms with Crippen LogP contribution in [0, 0.1) is 0 Å². The molecule has 4 heteroatoms. The molecule has 3 heterocycles. The predicted molar refractivity (Wildman–Crippen MR) is 231 cm³/mol. The van der Waals surface area contributed by atoms with Crippen LogP contribution in [0.25, 0.3) is 98.7 Å². The van der Waals surface area contributed by atoms with Gasteiger partial charge in [0.1, 0.15) is 0 Å². The monoisotopic (exact) mass is 719 g/mol. The lowest BCUT2D eigenvalue weighted by atomic mass is 9.93. The molecule has 55 heavy (non-hydrogen) atoms. The van der Waals surface area contributed by atoms with E-state index in [1.54, 1.807) is 0 Å². The van der Waals surface area contributed by atoms with E-state index in [0.29, 0.717) is 5.82 Å². The molecular formula is C51H33N3S. The molecule has 10 aromatic rings. The third kappa shape index (κ3) is 6.50. The fourth-order valence-corrected chi connectivity index (χ4v) is 8.42. The highest BCUT2D eigenvalue weighted by Gasteiger charge is 2.15. The molecule has 0 atom stereocenters. The van der Waals surface area contributed by atoms with Crippen LogP contribution < -0.4 is 0 Å². The molecule has 0 bridgehead atoms. The van der Waals surface area contributed by atoms with Crippen LogP contribution in [-0.2, 0) is 0 Å². The first-order valence-electron chi connectivity index (χ1n) is 18.4. The van der Waals surface area contributed by atoms with Gasteiger partial charge in [-0.3, -0.25) is 4.98 Å². The molecule has 3 nitrogen and oxygen atoms in total. The predicted octanol–water partition coefficient (Wildman–Crippen LogP) is 13.9. The van der Waals surface area contributed by atoms with Gasteiger partial charge in [0, 0.05) is 48.6 Å². The van der Waals surface area contributed by atoms with Crippen LogP contribution in [0.2, 0.25) is 0 Å². The third-order valence-electron chi connectivity index (χ3n) is 10.1. The van der Waals surface area contributed by atoms with E-state index in [0.717, 1.165) is 56.0 Å². The molecular weight excluding hydrogens is 687 g/mol. The van der Waals surface area contributed by atoms with E-state index in [2.05, 4.69) is 163 Å². The average molecular weight is 720 g/mol. The number of benzene rings is 7. The number of rotatable bonds is 7. The standard InChI is InChI=1S/C51H33N3S/c1-3-12-34(13-4-1)35-21-23-36(24-22-35)41-29-42(38-25-26-50-45(32-38)44-18-7-8-20-49(44)55-50)31-43(30-41)48-33-47(53-51(54-48)37-14-5-2-6-15-37)40-17-11-16-39(28-40)46-19-9-10-27-52-46/h1-33H. The molecule has 0 spiro atoms. The van der Waals surface area contributed by atoms with E-state index < -0.39 is 0 Å². The summed E-state index contributed by atoms with van der Waals surface area (Å²) in [6.07, 6.45) is 1.83. The van der Waals surface area contributed by atoms with Crippen molar-refractivity contribution < 1.29 is 0 Å². The second-order valence-electron chi connectivity index (χ2n) is 13.7. The van der Waals surface area contributed by atoms with Crippen molar-refractivity contribution in [1.29, 1.82) is 0 Å². The number of aromatic nitrogens is 3. The molecule has 3 aromatic heterocycles. The summed E-state index contributed by atoms with van der Waals surface area (Å²) in [6, 6.07) is 68.6. The minimum Gasteiger partial charge on any atom is -0.256 e. The summed E-state index contributed by atoms with van der Waals surface area (Å²) in [4.78, 5) is 15.0. The van der Waals surface area contributed by atoms with Crippen LogP contribution in [0.5, 0.6) is 0 Å². The van der Waals surface area contributed by atoms with Crippen molar-refractivity contribution in [2.75, 3.05) is 0 Å². The van der Waals surface area contributed by atoms with Gasteiger partial charge in [-0.15, -0.1) is 11.3 Å². The molecule has 258 valence electrons. The highest BCUT2D eigenvalue weighted by atomic mass is 32.1. The number of thiophene rings is 1. The Balaban J connectivity index is 1.16. The van der Waals surface area contributed by atoms with Crippen LogP contribution >= 0.6 is 11.3 Å². The zero-order valence-electron chi connectivity index (χ0n) is 29.8. The maximum Gasteiger partial charge on any atom is 0.160 e. The summed E-state index contributed by atoms with van der Waals surface area (Å²) in [5.41, 5.74) is 13.6. The van der Waals surface area contributed by atoms with Gasteiger partial charge in [0.2, 0.25) is 0 Å². The van der Waals surface area contributed by atoms with Crippen molar-refractivity contribution in [3.05, 3.63) is 200 Å². The fourth-order valence-electron chi connectivity index (χ4n) is 7.33. The Morgan fingerprint density at radius 1 is 0.291 bits per heavy atom. The SMILES string of the molecule is c1ccc(-c2ccc(-c3cc(-c4ccc5sc6ccccc6c5c4)cc(-c4cc(-c5cccc(-c6ccccn6)c5)nc(-c5ccccc5)n4)c3)cc2)cc1. The molecule has 7 aromatic carbocycles. The minimum atomic E-state index is 0.682. The Labute approximate surface area is 323 Å². The second-order valence-corrected chi connectivity index (χ2v) is 14.8. The Hall–Kier alpha value is -7.01. The number of hydrogen-bond acceptors (Lipinski definition) is 4. The first-order valence-corrected chi connectivity index (χ1v) is 19.2. The van der Waals surface area contributed by atoms with E-state index in [9.17, 15) is 0 Å². The highest BCUT2D eigenvalue weighted by molar-refractivity contribution is 7.25. The summed E-state index contributed by atoms with van der Waals surface area (Å²) < 4.78 is 2.59. The second kappa shape index (κ2) is 14.1. The van der Waals surface area contributed by atoms with E-state index in [1.807, 2.05) is 53.9 Å². The molecule has 0 unspecified atom stereocenters. The van der Waals surface area contributed by atoms with Crippen molar-refractivity contribution in [2.24, 2.45) is 0 Å². The summed E-state index contributed by atoms with van der Waals surface area (Å²) in [6.45, 7) is 0. The summed E-state index contributed by atoms with van der Waals surface area (Å²) in [5.74, 6) is 0.682. The van der Waals surface area contributed by atoms with E-state index in [1.165, 1.54) is 36.9 Å². The zero-order valence-corrected chi connectivity index (χ0v) is 30.6. The van der Waals surface area contributed by atoms with Crippen LogP contribution in [0.4, 0.5) is 0 Å². The van der Waals surface area contributed by atoms with Gasteiger partial charge in [-0.05, 0) is 94.0 Å². The number of hydrogen-bond donors (Lipinski definition) is 0. The summed E-state index contributed by atoms with van der Waals surface area (Å²) in [5, 5.41) is 2.57. The van der Waals surface area contributed by atoms with E-state index in [4.69, 9.17) is 9.97 Å². The Bertz CT molecular complexity index is 2950. The molecule has 0 fully saturated rings. The average Bonchev–Trinajstić information content (AvgIpc) is 3.65. The lowest BCUT2D eigenvalue weighted by molar-refractivity contribution is 1.18. The van der Waals surface area contributed by atoms with Gasteiger partial charge in [-0.1, -0.05) is 133 Å². The van der Waals surface area contributed by atoms with Gasteiger partial charge in [0.25, 0.3) is 0 Å². The molecule has 0 amide bonds. The Morgan fingerprint density at radius 2 is 0.818 bits per heavy atom. The van der Waals surface area contributed by atoms with Crippen molar-refractivity contribution in [3.8, 4) is 78.5 Å². The minimum absolute atomic E-state index is 0.682. The lowest BCUT2D eigenvalue weighted by Gasteiger charge is -2.14. The highest BCUT2D eigenvalue weighted by Crippen LogP contribution is 2.39. The van der Waals surface area contributed by atoms with Gasteiger partial charge in [0.05, 0.1) is 17.1 Å². The molecule has 0 N–H and O–H groups in total.